The fraction of sp³-hybridized carbons (Fsp3) is 0.412. The first-order chi connectivity index (χ1) is 12.2. The highest BCUT2D eigenvalue weighted by Gasteiger charge is 2.25. The average molecular weight is 381 g/mol. The van der Waals surface area contributed by atoms with Crippen LogP contribution in [0.5, 0.6) is 0 Å². The van der Waals surface area contributed by atoms with Crippen LogP contribution >= 0.6 is 22.7 Å². The minimum atomic E-state index is -0.402. The smallest absolute Gasteiger partial charge is 0.341 e. The molecule has 0 saturated carbocycles. The van der Waals surface area contributed by atoms with Crippen molar-refractivity contribution in [2.24, 2.45) is 0 Å². The van der Waals surface area contributed by atoms with E-state index in [9.17, 15) is 9.59 Å². The molecule has 2 aromatic heterocycles. The first-order valence-electron chi connectivity index (χ1n) is 8.22. The van der Waals surface area contributed by atoms with E-state index < -0.39 is 5.97 Å². The standard InChI is InChI=1S/C17H20N2O4S2/c1-2-23-17(21)15-12(13-4-3-9-24-13)11-25-16(15)18-14(20)10-19-5-7-22-8-6-19/h3-4,9,11H,2,5-8,10H2,1H3,(H,18,20)/p+1. The monoisotopic (exact) mass is 381 g/mol. The lowest BCUT2D eigenvalue weighted by Gasteiger charge is -2.23. The van der Waals surface area contributed by atoms with Gasteiger partial charge in [0, 0.05) is 15.8 Å². The van der Waals surface area contributed by atoms with Crippen molar-refractivity contribution < 1.29 is 24.0 Å². The van der Waals surface area contributed by atoms with Gasteiger partial charge in [0.25, 0.3) is 5.91 Å². The minimum absolute atomic E-state index is 0.0953. The third-order valence-corrected chi connectivity index (χ3v) is 5.72. The van der Waals surface area contributed by atoms with Crippen LogP contribution < -0.4 is 10.2 Å². The lowest BCUT2D eigenvalue weighted by molar-refractivity contribution is -0.899. The second-order valence-corrected chi connectivity index (χ2v) is 7.47. The molecule has 134 valence electrons. The molecule has 6 nitrogen and oxygen atoms in total. The van der Waals surface area contributed by atoms with E-state index in [1.165, 1.54) is 16.2 Å². The number of quaternary nitrogens is 1. The number of ether oxygens (including phenoxy) is 2. The number of hydrogen-bond donors (Lipinski definition) is 2. The normalized spacial score (nSPS) is 15.1. The molecule has 0 atom stereocenters. The molecule has 0 unspecified atom stereocenters. The van der Waals surface area contributed by atoms with Crippen LogP contribution in [-0.4, -0.2) is 51.3 Å². The van der Waals surface area contributed by atoms with Gasteiger partial charge in [0.15, 0.2) is 6.54 Å². The number of carbonyl (C=O) groups excluding carboxylic acids is 2. The second kappa shape index (κ2) is 8.57. The Bertz CT molecular complexity index is 721. The highest BCUT2D eigenvalue weighted by Crippen LogP contribution is 2.38. The van der Waals surface area contributed by atoms with Gasteiger partial charge in [0.05, 0.1) is 19.8 Å². The van der Waals surface area contributed by atoms with E-state index in [0.29, 0.717) is 36.9 Å². The summed E-state index contributed by atoms with van der Waals surface area (Å²) in [6, 6.07) is 3.89. The van der Waals surface area contributed by atoms with Crippen LogP contribution in [0.4, 0.5) is 5.00 Å². The van der Waals surface area contributed by atoms with Crippen molar-refractivity contribution in [3.63, 3.8) is 0 Å². The summed E-state index contributed by atoms with van der Waals surface area (Å²) >= 11 is 2.91. The number of esters is 1. The first-order valence-corrected chi connectivity index (χ1v) is 9.98. The van der Waals surface area contributed by atoms with Crippen LogP contribution in [0, 0.1) is 0 Å². The molecule has 2 aromatic rings. The van der Waals surface area contributed by atoms with Gasteiger partial charge in [0.1, 0.15) is 23.7 Å². The van der Waals surface area contributed by atoms with Crippen molar-refractivity contribution in [3.05, 3.63) is 28.5 Å². The molecule has 1 fully saturated rings. The van der Waals surface area contributed by atoms with Gasteiger partial charge >= 0.3 is 5.97 Å². The number of carbonyl (C=O) groups is 2. The fourth-order valence-electron chi connectivity index (χ4n) is 2.70. The highest BCUT2D eigenvalue weighted by atomic mass is 32.1. The molecule has 0 aliphatic carbocycles. The predicted octanol–water partition coefficient (Wildman–Crippen LogP) is 1.51. The molecule has 0 spiro atoms. The Hall–Kier alpha value is -1.74. The summed E-state index contributed by atoms with van der Waals surface area (Å²) in [5.41, 5.74) is 1.26. The Kier molecular flexibility index (Phi) is 6.19. The quantitative estimate of drug-likeness (QED) is 0.745. The van der Waals surface area contributed by atoms with Crippen molar-refractivity contribution in [1.82, 2.24) is 0 Å². The maximum absolute atomic E-state index is 12.4. The molecule has 1 aliphatic rings. The Morgan fingerprint density at radius 1 is 1.32 bits per heavy atom. The molecule has 0 bridgehead atoms. The van der Waals surface area contributed by atoms with Crippen molar-refractivity contribution in [1.29, 1.82) is 0 Å². The van der Waals surface area contributed by atoms with E-state index in [1.54, 1.807) is 18.3 Å². The van der Waals surface area contributed by atoms with Gasteiger partial charge in [-0.1, -0.05) is 6.07 Å². The van der Waals surface area contributed by atoms with Crippen molar-refractivity contribution >= 4 is 39.6 Å². The molecule has 1 aliphatic heterocycles. The van der Waals surface area contributed by atoms with E-state index in [0.717, 1.165) is 23.5 Å². The lowest BCUT2D eigenvalue weighted by atomic mass is 10.1. The maximum atomic E-state index is 12.4. The summed E-state index contributed by atoms with van der Waals surface area (Å²) in [5.74, 6) is -0.497. The molecule has 3 heterocycles. The summed E-state index contributed by atoms with van der Waals surface area (Å²) in [6.07, 6.45) is 0. The van der Waals surface area contributed by atoms with Crippen molar-refractivity contribution in [2.75, 3.05) is 44.8 Å². The summed E-state index contributed by atoms with van der Waals surface area (Å²) in [6.45, 7) is 5.44. The Morgan fingerprint density at radius 3 is 2.80 bits per heavy atom. The van der Waals surface area contributed by atoms with Crippen LogP contribution in [0.3, 0.4) is 0 Å². The highest BCUT2D eigenvalue weighted by molar-refractivity contribution is 7.17. The number of nitrogens with one attached hydrogen (secondary N) is 2. The average Bonchev–Trinajstić information content (AvgIpc) is 3.25. The first kappa shape index (κ1) is 18.1. The maximum Gasteiger partial charge on any atom is 0.341 e. The van der Waals surface area contributed by atoms with Crippen LogP contribution in [0.2, 0.25) is 0 Å². The van der Waals surface area contributed by atoms with Gasteiger partial charge in [-0.25, -0.2) is 4.79 Å². The summed E-state index contributed by atoms with van der Waals surface area (Å²) in [4.78, 5) is 27.0. The van der Waals surface area contributed by atoms with Crippen molar-refractivity contribution in [3.8, 4) is 10.4 Å². The van der Waals surface area contributed by atoms with Crippen LogP contribution in [0.25, 0.3) is 10.4 Å². The zero-order chi connectivity index (χ0) is 17.6. The number of rotatable bonds is 6. The van der Waals surface area contributed by atoms with E-state index in [-0.39, 0.29) is 5.91 Å². The molecule has 1 amide bonds. The largest absolute Gasteiger partial charge is 0.462 e. The summed E-state index contributed by atoms with van der Waals surface area (Å²) in [7, 11) is 0. The number of anilines is 1. The van der Waals surface area contributed by atoms with Crippen LogP contribution in [0.1, 0.15) is 17.3 Å². The summed E-state index contributed by atoms with van der Waals surface area (Å²) < 4.78 is 10.5. The predicted molar refractivity (Wildman–Crippen MR) is 98.6 cm³/mol. The van der Waals surface area contributed by atoms with Gasteiger partial charge in [-0.15, -0.1) is 22.7 Å². The van der Waals surface area contributed by atoms with Gasteiger partial charge in [-0.2, -0.15) is 0 Å². The molecule has 0 aromatic carbocycles. The molecular weight excluding hydrogens is 360 g/mol. The SMILES string of the molecule is CCOC(=O)c1c(-c2cccs2)csc1NC(=O)C[NH+]1CCOCC1. The molecule has 8 heteroatoms. The van der Waals surface area contributed by atoms with Gasteiger partial charge in [-0.3, -0.25) is 4.79 Å². The molecule has 2 N–H and O–H groups in total. The van der Waals surface area contributed by atoms with E-state index in [1.807, 2.05) is 22.9 Å². The van der Waals surface area contributed by atoms with Gasteiger partial charge in [0.2, 0.25) is 0 Å². The van der Waals surface area contributed by atoms with Gasteiger partial charge < -0.3 is 19.7 Å². The van der Waals surface area contributed by atoms with Crippen LogP contribution in [-0.2, 0) is 14.3 Å². The fourth-order valence-corrected chi connectivity index (χ4v) is 4.49. The number of thiophene rings is 2. The molecule has 25 heavy (non-hydrogen) atoms. The van der Waals surface area contributed by atoms with Crippen molar-refractivity contribution in [2.45, 2.75) is 6.92 Å². The van der Waals surface area contributed by atoms with Crippen LogP contribution in [0.15, 0.2) is 22.9 Å². The minimum Gasteiger partial charge on any atom is -0.462 e. The van der Waals surface area contributed by atoms with Gasteiger partial charge in [-0.05, 0) is 18.4 Å². The molecular formula is C17H21N2O4S2+. The molecule has 0 radical (unpaired) electrons. The molecule has 3 rings (SSSR count). The number of hydrogen-bond acceptors (Lipinski definition) is 6. The summed E-state index contributed by atoms with van der Waals surface area (Å²) in [5, 5.41) is 7.31. The third-order valence-electron chi connectivity index (χ3n) is 3.92. The van der Waals surface area contributed by atoms with E-state index >= 15 is 0 Å². The second-order valence-electron chi connectivity index (χ2n) is 5.64. The third kappa shape index (κ3) is 4.46. The zero-order valence-electron chi connectivity index (χ0n) is 14.0. The Balaban J connectivity index is 1.78. The van der Waals surface area contributed by atoms with E-state index in [2.05, 4.69) is 5.32 Å². The van der Waals surface area contributed by atoms with E-state index in [4.69, 9.17) is 9.47 Å². The zero-order valence-corrected chi connectivity index (χ0v) is 15.6. The topological polar surface area (TPSA) is 69.1 Å². The Morgan fingerprint density at radius 2 is 2.12 bits per heavy atom. The number of amides is 1. The Labute approximate surface area is 154 Å². The number of morpholine rings is 1. The lowest BCUT2D eigenvalue weighted by Crippen LogP contribution is -3.15. The molecule has 1 saturated heterocycles.